The topological polar surface area (TPSA) is 69.8 Å². The van der Waals surface area contributed by atoms with Gasteiger partial charge in [-0.2, -0.15) is 5.10 Å². The number of benzene rings is 1. The summed E-state index contributed by atoms with van der Waals surface area (Å²) in [6.07, 6.45) is 1.70. The van der Waals surface area contributed by atoms with E-state index in [-0.39, 0.29) is 5.91 Å². The third-order valence-electron chi connectivity index (χ3n) is 2.87. The van der Waals surface area contributed by atoms with Crippen LogP contribution in [0.25, 0.3) is 0 Å². The molecule has 2 aromatic rings. The Morgan fingerprint density at radius 2 is 2.26 bits per heavy atom. The van der Waals surface area contributed by atoms with Crippen molar-refractivity contribution in [3.05, 3.63) is 46.2 Å². The second kappa shape index (κ2) is 5.75. The van der Waals surface area contributed by atoms with E-state index in [0.717, 1.165) is 16.9 Å². The maximum absolute atomic E-state index is 12.1. The number of H-pyrrole nitrogens is 1. The molecule has 3 N–H and O–H groups in total. The molecule has 0 spiro atoms. The van der Waals surface area contributed by atoms with Gasteiger partial charge in [-0.1, -0.05) is 11.6 Å². The molecule has 6 heteroatoms. The van der Waals surface area contributed by atoms with Gasteiger partial charge >= 0.3 is 0 Å². The number of carbonyl (C=O) groups is 1. The Kier molecular flexibility index (Phi) is 4.06. The largest absolute Gasteiger partial charge is 0.387 e. The maximum atomic E-state index is 12.1. The number of aromatic nitrogens is 2. The number of amides is 1. The number of anilines is 1. The molecule has 2 rings (SSSR count). The fourth-order valence-corrected chi connectivity index (χ4v) is 1.92. The Morgan fingerprint density at radius 1 is 1.47 bits per heavy atom. The highest BCUT2D eigenvalue weighted by Crippen LogP contribution is 2.20. The number of hydrogen-bond donors (Lipinski definition) is 3. The number of aromatic amines is 1. The molecule has 0 aliphatic heterocycles. The highest BCUT2D eigenvalue weighted by molar-refractivity contribution is 6.31. The summed E-state index contributed by atoms with van der Waals surface area (Å²) in [5.41, 5.74) is 3.17. The molecule has 0 saturated heterocycles. The molecule has 5 nitrogen and oxygen atoms in total. The van der Waals surface area contributed by atoms with Crippen molar-refractivity contribution in [2.45, 2.75) is 13.5 Å². The lowest BCUT2D eigenvalue weighted by atomic mass is 10.1. The van der Waals surface area contributed by atoms with Crippen molar-refractivity contribution < 1.29 is 4.79 Å². The Hall–Kier alpha value is -2.01. The van der Waals surface area contributed by atoms with Crippen LogP contribution in [0, 0.1) is 6.92 Å². The highest BCUT2D eigenvalue weighted by Gasteiger charge is 2.12. The maximum Gasteiger partial charge on any atom is 0.253 e. The Labute approximate surface area is 116 Å². The molecule has 1 aromatic heterocycles. The van der Waals surface area contributed by atoms with Crippen molar-refractivity contribution in [2.75, 3.05) is 12.4 Å². The number of carbonyl (C=O) groups excluding carboxylic acids is 1. The van der Waals surface area contributed by atoms with Gasteiger partial charge in [0, 0.05) is 35.6 Å². The number of rotatable bonds is 4. The molecule has 0 atom stereocenters. The summed E-state index contributed by atoms with van der Waals surface area (Å²) in [4.78, 5) is 12.1. The van der Waals surface area contributed by atoms with E-state index in [2.05, 4.69) is 20.8 Å². The van der Waals surface area contributed by atoms with E-state index in [0.29, 0.717) is 17.1 Å². The van der Waals surface area contributed by atoms with Crippen LogP contribution < -0.4 is 10.6 Å². The van der Waals surface area contributed by atoms with Gasteiger partial charge in [-0.05, 0) is 25.1 Å². The first-order chi connectivity index (χ1) is 9.11. The van der Waals surface area contributed by atoms with Gasteiger partial charge in [0.2, 0.25) is 0 Å². The Bertz CT molecular complexity index is 594. The predicted molar refractivity (Wildman–Crippen MR) is 75.5 cm³/mol. The molecule has 0 fully saturated rings. The lowest BCUT2D eigenvalue weighted by molar-refractivity contribution is 0.0951. The predicted octanol–water partition coefficient (Wildman–Crippen LogP) is 2.34. The quantitative estimate of drug-likeness (QED) is 0.804. The summed E-state index contributed by atoms with van der Waals surface area (Å²) in [7, 11) is 1.76. The molecular weight excluding hydrogens is 264 g/mol. The molecule has 0 aliphatic carbocycles. The van der Waals surface area contributed by atoms with Gasteiger partial charge in [0.1, 0.15) is 0 Å². The van der Waals surface area contributed by atoms with Crippen LogP contribution in [0.2, 0.25) is 5.02 Å². The van der Waals surface area contributed by atoms with Crippen LogP contribution in [-0.4, -0.2) is 23.2 Å². The molecule has 1 amide bonds. The van der Waals surface area contributed by atoms with E-state index >= 15 is 0 Å². The minimum Gasteiger partial charge on any atom is -0.387 e. The molecule has 0 saturated carbocycles. The number of nitrogens with one attached hydrogen (secondary N) is 3. The summed E-state index contributed by atoms with van der Waals surface area (Å²) in [6.45, 7) is 2.34. The van der Waals surface area contributed by atoms with Crippen molar-refractivity contribution in [2.24, 2.45) is 0 Å². The van der Waals surface area contributed by atoms with E-state index in [4.69, 9.17) is 11.6 Å². The first-order valence-corrected chi connectivity index (χ1v) is 6.24. The summed E-state index contributed by atoms with van der Waals surface area (Å²) >= 11 is 5.92. The average Bonchev–Trinajstić information content (AvgIpc) is 2.81. The molecule has 0 unspecified atom stereocenters. The van der Waals surface area contributed by atoms with Gasteiger partial charge in [-0.15, -0.1) is 0 Å². The highest BCUT2D eigenvalue weighted by atomic mass is 35.5. The fraction of sp³-hybridized carbons (Fsp3) is 0.231. The smallest absolute Gasteiger partial charge is 0.253 e. The molecule has 0 bridgehead atoms. The van der Waals surface area contributed by atoms with Crippen molar-refractivity contribution in [3.8, 4) is 0 Å². The summed E-state index contributed by atoms with van der Waals surface area (Å²) in [6, 6.07) is 5.16. The van der Waals surface area contributed by atoms with Crippen LogP contribution >= 0.6 is 11.6 Å². The standard InChI is InChI=1S/C13H15ClN4O/c1-8-9(7-17-18-8)6-16-13(19)11-5-10(14)3-4-12(11)15-2/h3-5,7,15H,6H2,1-2H3,(H,16,19)(H,17,18). The van der Waals surface area contributed by atoms with Gasteiger partial charge < -0.3 is 10.6 Å². The van der Waals surface area contributed by atoms with E-state index in [1.807, 2.05) is 6.92 Å². The molecule has 0 radical (unpaired) electrons. The molecule has 100 valence electrons. The lowest BCUT2D eigenvalue weighted by Crippen LogP contribution is -2.23. The zero-order valence-corrected chi connectivity index (χ0v) is 11.5. The molecule has 0 aliphatic rings. The molecule has 19 heavy (non-hydrogen) atoms. The SMILES string of the molecule is CNc1ccc(Cl)cc1C(=O)NCc1cn[nH]c1C. The number of halogens is 1. The van der Waals surface area contributed by atoms with Crippen LogP contribution in [0.1, 0.15) is 21.6 Å². The lowest BCUT2D eigenvalue weighted by Gasteiger charge is -2.10. The summed E-state index contributed by atoms with van der Waals surface area (Å²) in [5.74, 6) is -0.174. The molecule has 1 aromatic carbocycles. The van der Waals surface area contributed by atoms with Crippen LogP contribution in [0.4, 0.5) is 5.69 Å². The zero-order chi connectivity index (χ0) is 13.8. The van der Waals surface area contributed by atoms with E-state index in [9.17, 15) is 4.79 Å². The van der Waals surface area contributed by atoms with Crippen molar-refractivity contribution >= 4 is 23.2 Å². The van der Waals surface area contributed by atoms with Gasteiger partial charge in [0.25, 0.3) is 5.91 Å². The fourth-order valence-electron chi connectivity index (χ4n) is 1.75. The molecule has 1 heterocycles. The van der Waals surface area contributed by atoms with Crippen LogP contribution in [-0.2, 0) is 6.54 Å². The Balaban J connectivity index is 2.12. The van der Waals surface area contributed by atoms with Crippen LogP contribution in [0.3, 0.4) is 0 Å². The van der Waals surface area contributed by atoms with E-state index in [1.54, 1.807) is 31.4 Å². The second-order valence-corrected chi connectivity index (χ2v) is 4.58. The number of nitrogens with zero attached hydrogens (tertiary/aromatic N) is 1. The minimum absolute atomic E-state index is 0.174. The van der Waals surface area contributed by atoms with E-state index < -0.39 is 0 Å². The van der Waals surface area contributed by atoms with Gasteiger partial charge in [-0.3, -0.25) is 9.89 Å². The normalized spacial score (nSPS) is 10.3. The first-order valence-electron chi connectivity index (χ1n) is 5.86. The summed E-state index contributed by atoms with van der Waals surface area (Å²) < 4.78 is 0. The van der Waals surface area contributed by atoms with Crippen molar-refractivity contribution in [3.63, 3.8) is 0 Å². The third-order valence-corrected chi connectivity index (χ3v) is 3.10. The summed E-state index contributed by atoms with van der Waals surface area (Å²) in [5, 5.41) is 13.1. The second-order valence-electron chi connectivity index (χ2n) is 4.14. The minimum atomic E-state index is -0.174. The van der Waals surface area contributed by atoms with Crippen LogP contribution in [0.15, 0.2) is 24.4 Å². The monoisotopic (exact) mass is 278 g/mol. The van der Waals surface area contributed by atoms with E-state index in [1.165, 1.54) is 0 Å². The number of aryl methyl sites for hydroxylation is 1. The van der Waals surface area contributed by atoms with Crippen molar-refractivity contribution in [1.29, 1.82) is 0 Å². The first kappa shape index (κ1) is 13.4. The molecular formula is C13H15ClN4O. The van der Waals surface area contributed by atoms with Gasteiger partial charge in [-0.25, -0.2) is 0 Å². The zero-order valence-electron chi connectivity index (χ0n) is 10.7. The van der Waals surface area contributed by atoms with Gasteiger partial charge in [0.05, 0.1) is 11.8 Å². The van der Waals surface area contributed by atoms with Crippen LogP contribution in [0.5, 0.6) is 0 Å². The van der Waals surface area contributed by atoms with Crippen molar-refractivity contribution in [1.82, 2.24) is 15.5 Å². The number of hydrogen-bond acceptors (Lipinski definition) is 3. The average molecular weight is 279 g/mol. The Morgan fingerprint density at radius 3 is 2.89 bits per heavy atom. The third kappa shape index (κ3) is 3.06. The van der Waals surface area contributed by atoms with Gasteiger partial charge in [0.15, 0.2) is 0 Å².